The summed E-state index contributed by atoms with van der Waals surface area (Å²) in [5, 5.41) is 4.67. The average molecular weight is 1800 g/mol. The number of fused-ring (bicyclic) bond motifs is 24. The van der Waals surface area contributed by atoms with Crippen LogP contribution in [0.2, 0.25) is 0 Å². The first-order valence-corrected chi connectivity index (χ1v) is 58.4. The zero-order valence-corrected chi connectivity index (χ0v) is 86.9. The third-order valence-corrected chi connectivity index (χ3v) is 34.1. The van der Waals surface area contributed by atoms with Gasteiger partial charge in [-0.1, -0.05) is 466 Å². The fourth-order valence-corrected chi connectivity index (χ4v) is 26.1. The number of benzene rings is 4. The Labute approximate surface area is 808 Å². The van der Waals surface area contributed by atoms with Gasteiger partial charge in [-0.25, -0.2) is 29.9 Å². The molecule has 0 fully saturated rings. The van der Waals surface area contributed by atoms with Crippen molar-refractivity contribution in [3.05, 3.63) is 93.0 Å². The molecule has 0 spiro atoms. The summed E-state index contributed by atoms with van der Waals surface area (Å²) in [4.78, 5) is 44.2. The number of aromatic amines is 2. The number of nitrogens with one attached hydrogen (secondary N) is 2. The van der Waals surface area contributed by atoms with Crippen molar-refractivity contribution in [1.29, 1.82) is 0 Å². The molecule has 6 aliphatic rings. The molecular formula is C124H194N8. The molecule has 730 valence electrons. The molecule has 0 saturated carbocycles. The van der Waals surface area contributed by atoms with Crippen LogP contribution in [0.25, 0.3) is 89.7 Å². The molecule has 7 aromatic rings. The number of hydrogen-bond donors (Lipinski definition) is 2. The second kappa shape index (κ2) is 55.7. The minimum Gasteiger partial charge on any atom is -0.324 e. The number of unbranched alkanes of at least 4 members (excludes halogenated alkanes) is 56. The summed E-state index contributed by atoms with van der Waals surface area (Å²) in [5.74, 6) is 3.12. The Balaban J connectivity index is 0.958. The average Bonchev–Trinajstić information content (AvgIpc) is 1.58. The summed E-state index contributed by atoms with van der Waals surface area (Å²) in [6.45, 7) is 18.8. The number of H-pyrrole nitrogens is 2. The van der Waals surface area contributed by atoms with Crippen LogP contribution < -0.4 is 0 Å². The van der Waals surface area contributed by atoms with Gasteiger partial charge in [-0.3, -0.25) is 0 Å². The Morgan fingerprint density at radius 1 is 0.167 bits per heavy atom. The lowest BCUT2D eigenvalue weighted by Gasteiger charge is -2.29. The van der Waals surface area contributed by atoms with Gasteiger partial charge in [0.05, 0.1) is 0 Å². The van der Waals surface area contributed by atoms with E-state index in [1.807, 2.05) is 0 Å². The van der Waals surface area contributed by atoms with Gasteiger partial charge in [-0.2, -0.15) is 0 Å². The zero-order chi connectivity index (χ0) is 91.7. The minimum absolute atomic E-state index is 0.260. The van der Waals surface area contributed by atoms with Crippen LogP contribution in [0.3, 0.4) is 0 Å². The molecule has 132 heavy (non-hydrogen) atoms. The molecule has 13 rings (SSSR count). The van der Waals surface area contributed by atoms with Crippen molar-refractivity contribution >= 4 is 44.1 Å². The molecule has 3 aromatic heterocycles. The van der Waals surface area contributed by atoms with E-state index < -0.39 is 0 Å². The first-order valence-electron chi connectivity index (χ1n) is 58.4. The molecule has 2 aliphatic heterocycles. The molecular weight excluding hydrogens is 1600 g/mol. The summed E-state index contributed by atoms with van der Waals surface area (Å²) in [6, 6.07) is 20.9. The molecule has 0 saturated heterocycles. The maximum Gasteiger partial charge on any atom is 0.164 e. The molecule has 5 heterocycles. The van der Waals surface area contributed by atoms with Crippen molar-refractivity contribution < 1.29 is 0 Å². The molecule has 2 N–H and O–H groups in total. The van der Waals surface area contributed by atoms with E-state index in [0.717, 1.165) is 120 Å². The van der Waals surface area contributed by atoms with E-state index in [9.17, 15) is 0 Å². The van der Waals surface area contributed by atoms with E-state index in [-0.39, 0.29) is 21.7 Å². The van der Waals surface area contributed by atoms with Crippen LogP contribution in [-0.2, 0) is 51.4 Å². The van der Waals surface area contributed by atoms with Gasteiger partial charge in [0.2, 0.25) is 0 Å². The maximum absolute atomic E-state index is 6.06. The molecule has 0 radical (unpaired) electrons. The molecule has 4 aliphatic carbocycles. The van der Waals surface area contributed by atoms with E-state index in [1.54, 1.807) is 0 Å². The summed E-state index contributed by atoms with van der Waals surface area (Å²) in [7, 11) is 0. The van der Waals surface area contributed by atoms with Crippen molar-refractivity contribution in [3.8, 4) is 45.6 Å². The van der Waals surface area contributed by atoms with Crippen LogP contribution in [0.15, 0.2) is 48.5 Å². The zero-order valence-electron chi connectivity index (χ0n) is 86.9. The number of nitrogens with zero attached hydrogens (tertiary/aromatic N) is 6. The van der Waals surface area contributed by atoms with Crippen LogP contribution in [0.1, 0.15) is 562 Å². The summed E-state index contributed by atoms with van der Waals surface area (Å²) < 4.78 is 0. The molecule has 8 bridgehead atoms. The SMILES string of the molecule is CCCCCCCCCCC1(CCCCCCCCCC)Cc2cc3c(cc2C1)-c1nc-3nc2[nH]c(nc3nc(nc4[nH]c(n1)c1cc5c(cc41)CC(CCCCCCCCCC)(CCCCCCCCCC)C5)-c1cc4c(cc1-3)CC(CCCCCCCCCC)(CCCCCCCCCC)C4)c1cc3c(cc21)CC(CCCCCCCCCC)(CCCCCCCCCC)C3. The topological polar surface area (TPSA) is 109 Å². The fraction of sp³-hybridized carbons (Fsp3) is 0.742. The lowest BCUT2D eigenvalue weighted by molar-refractivity contribution is 0.235. The van der Waals surface area contributed by atoms with Crippen LogP contribution in [0.5, 0.6) is 0 Å². The van der Waals surface area contributed by atoms with Gasteiger partial charge in [-0.05, 0) is 217 Å². The van der Waals surface area contributed by atoms with Crippen LogP contribution >= 0.6 is 0 Å². The van der Waals surface area contributed by atoms with E-state index in [1.165, 1.54) is 528 Å². The third kappa shape index (κ3) is 30.1. The van der Waals surface area contributed by atoms with Crippen molar-refractivity contribution in [2.45, 2.75) is 569 Å². The first kappa shape index (κ1) is 104. The predicted molar refractivity (Wildman–Crippen MR) is 573 cm³/mol. The number of rotatable bonds is 72. The standard InChI is InChI=1S/C124H194N8/c1-9-17-25-33-41-49-57-65-73-121(74-66-58-50-42-34-26-18-10-2)89-97-81-105-106(82-98(97)90-121)114-125-113(105)129-115-107-83-99-91-122(75-67-59-51-43-35-27-19-11-3,76-68-60-52-44-36-28-20-12-4)93-101(99)85-109(107)117(126-115)131-119-111-87-103-95-124(79-71-63-55-47-39-31-23-15-7,80-72-64-56-48-40-32-24-16-8)96-104(103)88-112(111)120(128-119)132-118-110-86-102-94-123(77-69-61-53-45-37-29-21-13-5,78-70-62-54-46-38-30-22-14-6)92-100(102)84-108(110)116(127-118)130-114/h81-88H,9-80,89-96H2,1-8H3,(H2,125,126,127,128,129,130,131,132). The third-order valence-electron chi connectivity index (χ3n) is 34.1. The quantitative estimate of drug-likeness (QED) is 0.0368. The summed E-state index contributed by atoms with van der Waals surface area (Å²) in [6.07, 6.45) is 107. The second-order valence-corrected chi connectivity index (χ2v) is 45.5. The van der Waals surface area contributed by atoms with Gasteiger partial charge in [0.1, 0.15) is 22.6 Å². The number of hydrogen-bond acceptors (Lipinski definition) is 6. The van der Waals surface area contributed by atoms with Crippen molar-refractivity contribution in [2.75, 3.05) is 0 Å². The molecule has 0 amide bonds. The van der Waals surface area contributed by atoms with Crippen LogP contribution in [-0.4, -0.2) is 39.9 Å². The molecule has 0 atom stereocenters. The molecule has 0 unspecified atom stereocenters. The number of aromatic nitrogens is 8. The maximum atomic E-state index is 6.06. The van der Waals surface area contributed by atoms with Gasteiger partial charge in [0, 0.05) is 43.8 Å². The van der Waals surface area contributed by atoms with Gasteiger partial charge >= 0.3 is 0 Å². The van der Waals surface area contributed by atoms with Crippen molar-refractivity contribution in [3.63, 3.8) is 0 Å². The highest BCUT2D eigenvalue weighted by molar-refractivity contribution is 6.07. The van der Waals surface area contributed by atoms with Crippen molar-refractivity contribution in [2.24, 2.45) is 21.7 Å². The van der Waals surface area contributed by atoms with Gasteiger partial charge in [-0.15, -0.1) is 0 Å². The predicted octanol–water partition coefficient (Wildman–Crippen LogP) is 39.5. The largest absolute Gasteiger partial charge is 0.324 e. The minimum atomic E-state index is 0.260. The fourth-order valence-electron chi connectivity index (χ4n) is 26.1. The molecule has 8 heteroatoms. The summed E-state index contributed by atoms with van der Waals surface area (Å²) >= 11 is 0. The van der Waals surface area contributed by atoms with E-state index in [2.05, 4.69) is 114 Å². The highest BCUT2D eigenvalue weighted by Crippen LogP contribution is 2.54. The van der Waals surface area contributed by atoms with Crippen molar-refractivity contribution in [1.82, 2.24) is 39.9 Å². The van der Waals surface area contributed by atoms with E-state index in [0.29, 0.717) is 0 Å². The normalized spacial score (nSPS) is 15.3. The highest BCUT2D eigenvalue weighted by Gasteiger charge is 2.43. The Bertz CT molecular complexity index is 4140. The van der Waals surface area contributed by atoms with Crippen LogP contribution in [0.4, 0.5) is 0 Å². The van der Waals surface area contributed by atoms with E-state index >= 15 is 0 Å². The second-order valence-electron chi connectivity index (χ2n) is 45.5. The summed E-state index contributed by atoms with van der Waals surface area (Å²) in [5.41, 5.74) is 21.3. The Hall–Kier alpha value is -5.76. The highest BCUT2D eigenvalue weighted by atomic mass is 15.1. The lowest BCUT2D eigenvalue weighted by atomic mass is 9.75. The monoisotopic (exact) mass is 1800 g/mol. The van der Waals surface area contributed by atoms with Gasteiger partial charge in [0.15, 0.2) is 23.3 Å². The Morgan fingerprint density at radius 2 is 0.295 bits per heavy atom. The van der Waals surface area contributed by atoms with Crippen LogP contribution in [0, 0.1) is 21.7 Å². The van der Waals surface area contributed by atoms with Gasteiger partial charge in [0.25, 0.3) is 0 Å². The van der Waals surface area contributed by atoms with Gasteiger partial charge < -0.3 is 9.97 Å². The smallest absolute Gasteiger partial charge is 0.164 e. The lowest BCUT2D eigenvalue weighted by Crippen LogP contribution is -2.21. The Morgan fingerprint density at radius 3 is 0.439 bits per heavy atom. The Kier molecular flexibility index (Phi) is 43.7. The van der Waals surface area contributed by atoms with E-state index in [4.69, 9.17) is 29.9 Å². The molecule has 4 aromatic carbocycles. The first-order chi connectivity index (χ1) is 65.0. The molecule has 8 nitrogen and oxygen atoms in total.